The number of carboxylic acids is 1. The molecule has 1 saturated heterocycles. The SMILES string of the molecule is O=C(O)c1cn(-c2cnc(N3CCC(F)(F)CC3)c(F)c2)cn1. The molecule has 1 aliphatic rings. The second-order valence-electron chi connectivity index (χ2n) is 5.31. The van der Waals surface area contributed by atoms with Gasteiger partial charge in [0.05, 0.1) is 11.9 Å². The number of carboxylic acid groups (broad SMARTS) is 1. The molecule has 3 heterocycles. The minimum Gasteiger partial charge on any atom is -0.476 e. The van der Waals surface area contributed by atoms with Gasteiger partial charge in [0, 0.05) is 38.2 Å². The smallest absolute Gasteiger partial charge is 0.356 e. The van der Waals surface area contributed by atoms with Crippen LogP contribution in [0.25, 0.3) is 5.69 Å². The standard InChI is InChI=1S/C14H13F3N4O2/c15-10-5-9(21-7-11(13(22)23)19-8-21)6-18-12(10)20-3-1-14(16,17)2-4-20/h5-8H,1-4H2,(H,22,23). The van der Waals surface area contributed by atoms with Crippen LogP contribution in [0.15, 0.2) is 24.8 Å². The van der Waals surface area contributed by atoms with Gasteiger partial charge in [-0.1, -0.05) is 0 Å². The number of pyridine rings is 1. The zero-order valence-corrected chi connectivity index (χ0v) is 11.9. The molecule has 0 spiro atoms. The monoisotopic (exact) mass is 326 g/mol. The Morgan fingerprint density at radius 2 is 1.96 bits per heavy atom. The summed E-state index contributed by atoms with van der Waals surface area (Å²) in [6.07, 6.45) is 3.15. The Bertz CT molecular complexity index is 737. The van der Waals surface area contributed by atoms with E-state index in [1.165, 1.54) is 34.3 Å². The van der Waals surface area contributed by atoms with Gasteiger partial charge >= 0.3 is 5.97 Å². The highest BCUT2D eigenvalue weighted by molar-refractivity contribution is 5.85. The molecule has 6 nitrogen and oxygen atoms in total. The van der Waals surface area contributed by atoms with E-state index in [0.717, 1.165) is 0 Å². The van der Waals surface area contributed by atoms with Crippen molar-refractivity contribution in [3.05, 3.63) is 36.3 Å². The third-order valence-corrected chi connectivity index (χ3v) is 3.70. The van der Waals surface area contributed by atoms with Gasteiger partial charge in [-0.2, -0.15) is 0 Å². The predicted molar refractivity (Wildman–Crippen MR) is 74.7 cm³/mol. The number of nitrogens with zero attached hydrogens (tertiary/aromatic N) is 4. The summed E-state index contributed by atoms with van der Waals surface area (Å²) in [6, 6.07) is 1.17. The number of hydrogen-bond acceptors (Lipinski definition) is 4. The van der Waals surface area contributed by atoms with Crippen molar-refractivity contribution < 1.29 is 23.1 Å². The Labute approximate surface area is 129 Å². The molecule has 1 aliphatic heterocycles. The molecule has 0 radical (unpaired) electrons. The van der Waals surface area contributed by atoms with Crippen LogP contribution in [0, 0.1) is 5.82 Å². The van der Waals surface area contributed by atoms with Crippen molar-refractivity contribution in [1.82, 2.24) is 14.5 Å². The number of rotatable bonds is 3. The maximum Gasteiger partial charge on any atom is 0.356 e. The van der Waals surface area contributed by atoms with Gasteiger partial charge in [-0.05, 0) is 0 Å². The van der Waals surface area contributed by atoms with Crippen LogP contribution in [0.3, 0.4) is 0 Å². The molecule has 122 valence electrons. The Morgan fingerprint density at radius 3 is 2.52 bits per heavy atom. The number of anilines is 1. The van der Waals surface area contributed by atoms with Crippen LogP contribution in [-0.4, -0.2) is 44.6 Å². The molecule has 0 bridgehead atoms. The molecule has 23 heavy (non-hydrogen) atoms. The maximum atomic E-state index is 14.2. The van der Waals surface area contributed by atoms with Crippen molar-refractivity contribution in [1.29, 1.82) is 0 Å². The fraction of sp³-hybridized carbons (Fsp3) is 0.357. The zero-order chi connectivity index (χ0) is 16.6. The molecule has 3 rings (SSSR count). The second-order valence-corrected chi connectivity index (χ2v) is 5.31. The molecule has 0 saturated carbocycles. The van der Waals surface area contributed by atoms with Gasteiger partial charge in [-0.15, -0.1) is 0 Å². The van der Waals surface area contributed by atoms with Crippen LogP contribution >= 0.6 is 0 Å². The maximum absolute atomic E-state index is 14.2. The third-order valence-electron chi connectivity index (χ3n) is 3.70. The number of carbonyl (C=O) groups is 1. The van der Waals surface area contributed by atoms with Crippen molar-refractivity contribution in [2.24, 2.45) is 0 Å². The van der Waals surface area contributed by atoms with Crippen molar-refractivity contribution in [3.63, 3.8) is 0 Å². The molecule has 0 atom stereocenters. The van der Waals surface area contributed by atoms with Gasteiger partial charge in [-0.3, -0.25) is 0 Å². The molecule has 2 aromatic heterocycles. The lowest BCUT2D eigenvalue weighted by atomic mass is 10.1. The number of hydrogen-bond donors (Lipinski definition) is 1. The van der Waals surface area contributed by atoms with Crippen LogP contribution in [-0.2, 0) is 0 Å². The van der Waals surface area contributed by atoms with Crippen molar-refractivity contribution in [3.8, 4) is 5.69 Å². The van der Waals surface area contributed by atoms with Gasteiger partial charge in [0.1, 0.15) is 6.33 Å². The zero-order valence-electron chi connectivity index (χ0n) is 11.9. The second kappa shape index (κ2) is 5.56. The molecule has 1 N–H and O–H groups in total. The van der Waals surface area contributed by atoms with E-state index < -0.39 is 17.7 Å². The van der Waals surface area contributed by atoms with Gasteiger partial charge < -0.3 is 14.6 Å². The van der Waals surface area contributed by atoms with E-state index in [0.29, 0.717) is 5.69 Å². The van der Waals surface area contributed by atoms with Gasteiger partial charge in [0.15, 0.2) is 17.3 Å². The van der Waals surface area contributed by atoms with E-state index in [2.05, 4.69) is 9.97 Å². The van der Waals surface area contributed by atoms with E-state index in [1.807, 2.05) is 0 Å². The first-order valence-corrected chi connectivity index (χ1v) is 6.92. The highest BCUT2D eigenvalue weighted by Gasteiger charge is 2.35. The topological polar surface area (TPSA) is 71.2 Å². The highest BCUT2D eigenvalue weighted by atomic mass is 19.3. The molecular weight excluding hydrogens is 313 g/mol. The number of piperidine rings is 1. The van der Waals surface area contributed by atoms with Gasteiger partial charge in [0.25, 0.3) is 5.92 Å². The average Bonchev–Trinajstić information content (AvgIpc) is 2.98. The lowest BCUT2D eigenvalue weighted by Gasteiger charge is -2.32. The molecule has 1 fully saturated rings. The lowest BCUT2D eigenvalue weighted by molar-refractivity contribution is -0.0222. The van der Waals surface area contributed by atoms with Crippen LogP contribution in [0.5, 0.6) is 0 Å². The number of imidazole rings is 1. The Kier molecular flexibility index (Phi) is 3.70. The largest absolute Gasteiger partial charge is 0.476 e. The highest BCUT2D eigenvalue weighted by Crippen LogP contribution is 2.31. The van der Waals surface area contributed by atoms with E-state index in [9.17, 15) is 18.0 Å². The number of halogens is 3. The summed E-state index contributed by atoms with van der Waals surface area (Å²) in [6.45, 7) is 0.0645. The molecule has 2 aromatic rings. The number of aromatic nitrogens is 3. The van der Waals surface area contributed by atoms with E-state index in [1.54, 1.807) is 0 Å². The van der Waals surface area contributed by atoms with Gasteiger partial charge in [0.2, 0.25) is 0 Å². The minimum absolute atomic E-state index is 0.0165. The Hall–Kier alpha value is -2.58. The summed E-state index contributed by atoms with van der Waals surface area (Å²) >= 11 is 0. The number of aromatic carboxylic acids is 1. The van der Waals surface area contributed by atoms with E-state index in [4.69, 9.17) is 5.11 Å². The molecular formula is C14H13F3N4O2. The Balaban J connectivity index is 1.82. The third kappa shape index (κ3) is 3.13. The molecule has 0 amide bonds. The lowest BCUT2D eigenvalue weighted by Crippen LogP contribution is -2.40. The Morgan fingerprint density at radius 1 is 1.26 bits per heavy atom. The van der Waals surface area contributed by atoms with Crippen LogP contribution in [0.4, 0.5) is 19.0 Å². The summed E-state index contributed by atoms with van der Waals surface area (Å²) < 4.78 is 41.9. The summed E-state index contributed by atoms with van der Waals surface area (Å²) in [5.41, 5.74) is 0.126. The van der Waals surface area contributed by atoms with E-state index in [-0.39, 0.29) is 37.4 Å². The van der Waals surface area contributed by atoms with Crippen LogP contribution in [0.1, 0.15) is 23.3 Å². The summed E-state index contributed by atoms with van der Waals surface area (Å²) in [7, 11) is 0. The first kappa shape index (κ1) is 15.3. The summed E-state index contributed by atoms with van der Waals surface area (Å²) in [4.78, 5) is 19.9. The predicted octanol–water partition coefficient (Wildman–Crippen LogP) is 2.34. The minimum atomic E-state index is -2.71. The first-order valence-electron chi connectivity index (χ1n) is 6.92. The molecule has 0 aromatic carbocycles. The fourth-order valence-electron chi connectivity index (χ4n) is 2.41. The van der Waals surface area contributed by atoms with Crippen LogP contribution < -0.4 is 4.90 Å². The van der Waals surface area contributed by atoms with Crippen molar-refractivity contribution >= 4 is 11.8 Å². The fourth-order valence-corrected chi connectivity index (χ4v) is 2.41. The molecule has 0 aliphatic carbocycles. The van der Waals surface area contributed by atoms with Crippen molar-refractivity contribution in [2.45, 2.75) is 18.8 Å². The van der Waals surface area contributed by atoms with Crippen molar-refractivity contribution in [2.75, 3.05) is 18.0 Å². The number of alkyl halides is 2. The summed E-state index contributed by atoms with van der Waals surface area (Å²) in [5, 5.41) is 8.82. The summed E-state index contributed by atoms with van der Waals surface area (Å²) in [5.74, 6) is -4.54. The molecule has 9 heteroatoms. The van der Waals surface area contributed by atoms with Gasteiger partial charge in [-0.25, -0.2) is 27.9 Å². The average molecular weight is 326 g/mol. The normalized spacial score (nSPS) is 17.3. The van der Waals surface area contributed by atoms with Crippen LogP contribution in [0.2, 0.25) is 0 Å². The van der Waals surface area contributed by atoms with E-state index >= 15 is 0 Å². The molecule has 0 unspecified atom stereocenters. The first-order chi connectivity index (χ1) is 10.9. The quantitative estimate of drug-likeness (QED) is 0.937.